The van der Waals surface area contributed by atoms with Crippen molar-refractivity contribution in [2.24, 2.45) is 5.92 Å². The number of nitrogens with one attached hydrogen (secondary N) is 1. The van der Waals surface area contributed by atoms with E-state index in [1.54, 1.807) is 0 Å². The first-order chi connectivity index (χ1) is 9.20. The Kier molecular flexibility index (Phi) is 5.70. The molecule has 19 heavy (non-hydrogen) atoms. The molecule has 1 N–H and O–H groups in total. The molecule has 0 aliphatic heterocycles. The number of hydrogen-bond acceptors (Lipinski definition) is 2. The molecule has 2 rings (SSSR count). The predicted molar refractivity (Wildman–Crippen MR) is 83.5 cm³/mol. The van der Waals surface area contributed by atoms with Crippen LogP contribution in [-0.4, -0.2) is 37.1 Å². The molecule has 0 heterocycles. The van der Waals surface area contributed by atoms with E-state index in [0.717, 1.165) is 12.5 Å². The van der Waals surface area contributed by atoms with E-state index in [0.29, 0.717) is 11.6 Å². The van der Waals surface area contributed by atoms with Gasteiger partial charge in [-0.3, -0.25) is 0 Å². The molecule has 0 amide bonds. The third-order valence-electron chi connectivity index (χ3n) is 5.73. The molecule has 2 saturated carbocycles. The van der Waals surface area contributed by atoms with Crippen LogP contribution in [0.4, 0.5) is 0 Å². The number of hydrogen-bond donors (Lipinski definition) is 1. The van der Waals surface area contributed by atoms with Gasteiger partial charge >= 0.3 is 0 Å². The lowest BCUT2D eigenvalue weighted by atomic mass is 9.68. The minimum absolute atomic E-state index is 0.427. The van der Waals surface area contributed by atoms with Gasteiger partial charge in [-0.2, -0.15) is 0 Å². The van der Waals surface area contributed by atoms with Crippen molar-refractivity contribution in [3.63, 3.8) is 0 Å². The smallest absolute Gasteiger partial charge is 0.0359 e. The lowest BCUT2D eigenvalue weighted by Gasteiger charge is -2.52. The van der Waals surface area contributed by atoms with Crippen LogP contribution in [0.25, 0.3) is 0 Å². The van der Waals surface area contributed by atoms with E-state index in [2.05, 4.69) is 31.2 Å². The van der Waals surface area contributed by atoms with E-state index in [4.69, 9.17) is 0 Å². The number of rotatable bonds is 5. The zero-order valence-electron chi connectivity index (χ0n) is 13.4. The summed E-state index contributed by atoms with van der Waals surface area (Å²) in [6.45, 7) is 3.40. The van der Waals surface area contributed by atoms with Gasteiger partial charge in [0.1, 0.15) is 0 Å². The molecule has 0 aromatic heterocycles. The summed E-state index contributed by atoms with van der Waals surface area (Å²) in [6, 6.07) is 0.716. The van der Waals surface area contributed by atoms with Gasteiger partial charge in [-0.05, 0) is 52.2 Å². The first-order valence-corrected chi connectivity index (χ1v) is 8.61. The van der Waals surface area contributed by atoms with Gasteiger partial charge in [0.05, 0.1) is 0 Å². The van der Waals surface area contributed by atoms with E-state index >= 15 is 0 Å². The van der Waals surface area contributed by atoms with Crippen LogP contribution in [0.3, 0.4) is 0 Å². The van der Waals surface area contributed by atoms with Gasteiger partial charge in [0, 0.05) is 11.6 Å². The topological polar surface area (TPSA) is 15.3 Å². The Bertz CT molecular complexity index is 250. The van der Waals surface area contributed by atoms with Gasteiger partial charge < -0.3 is 10.2 Å². The number of likely N-dealkylation sites (N-methyl/N-ethyl adjacent to an activating group) is 2. The molecule has 0 radical (unpaired) electrons. The van der Waals surface area contributed by atoms with Gasteiger partial charge in [0.25, 0.3) is 0 Å². The molecule has 2 aliphatic carbocycles. The maximum absolute atomic E-state index is 3.90. The van der Waals surface area contributed by atoms with Gasteiger partial charge in [-0.1, -0.05) is 45.4 Å². The molecule has 1 atom stereocenters. The van der Waals surface area contributed by atoms with E-state index in [-0.39, 0.29) is 0 Å². The fourth-order valence-corrected chi connectivity index (χ4v) is 4.68. The monoisotopic (exact) mass is 266 g/mol. The summed E-state index contributed by atoms with van der Waals surface area (Å²) < 4.78 is 0. The molecule has 0 saturated heterocycles. The third kappa shape index (κ3) is 3.33. The molecule has 2 heteroatoms. The van der Waals surface area contributed by atoms with Crippen molar-refractivity contribution < 1.29 is 0 Å². The van der Waals surface area contributed by atoms with Crippen LogP contribution in [0, 0.1) is 5.92 Å². The van der Waals surface area contributed by atoms with Gasteiger partial charge in [-0.15, -0.1) is 0 Å². The summed E-state index contributed by atoms with van der Waals surface area (Å²) in [5, 5.41) is 3.90. The summed E-state index contributed by atoms with van der Waals surface area (Å²) in [5.74, 6) is 0.911. The van der Waals surface area contributed by atoms with Crippen LogP contribution >= 0.6 is 0 Å². The SMILES string of the molecule is CCNC(C1CCCCC1)C1(N(C)C)CCCCC1. The van der Waals surface area contributed by atoms with Crippen molar-refractivity contribution in [1.29, 1.82) is 0 Å². The van der Waals surface area contributed by atoms with Crippen LogP contribution in [0.1, 0.15) is 71.1 Å². The van der Waals surface area contributed by atoms with Gasteiger partial charge in [0.15, 0.2) is 0 Å². The van der Waals surface area contributed by atoms with E-state index in [1.165, 1.54) is 64.2 Å². The highest BCUT2D eigenvalue weighted by molar-refractivity contribution is 5.03. The highest BCUT2D eigenvalue weighted by Crippen LogP contribution is 2.41. The quantitative estimate of drug-likeness (QED) is 0.814. The summed E-state index contributed by atoms with van der Waals surface area (Å²) in [6.07, 6.45) is 14.4. The predicted octanol–water partition coefficient (Wildman–Crippen LogP) is 3.81. The van der Waals surface area contributed by atoms with Crippen LogP contribution in [0.2, 0.25) is 0 Å². The normalized spacial score (nSPS) is 26.5. The molecule has 0 aromatic carbocycles. The number of nitrogens with zero attached hydrogens (tertiary/aromatic N) is 1. The van der Waals surface area contributed by atoms with Gasteiger partial charge in [-0.25, -0.2) is 0 Å². The van der Waals surface area contributed by atoms with Crippen molar-refractivity contribution >= 4 is 0 Å². The van der Waals surface area contributed by atoms with Crippen molar-refractivity contribution in [2.45, 2.75) is 82.7 Å². The van der Waals surface area contributed by atoms with Crippen LogP contribution in [0.15, 0.2) is 0 Å². The second kappa shape index (κ2) is 7.08. The Morgan fingerprint density at radius 1 is 1.00 bits per heavy atom. The second-order valence-corrected chi connectivity index (χ2v) is 6.99. The fourth-order valence-electron chi connectivity index (χ4n) is 4.68. The van der Waals surface area contributed by atoms with E-state index in [1.807, 2.05) is 0 Å². The minimum Gasteiger partial charge on any atom is -0.312 e. The van der Waals surface area contributed by atoms with E-state index < -0.39 is 0 Å². The molecule has 1 unspecified atom stereocenters. The van der Waals surface area contributed by atoms with Crippen LogP contribution < -0.4 is 5.32 Å². The fraction of sp³-hybridized carbons (Fsp3) is 1.00. The zero-order chi connectivity index (χ0) is 13.7. The standard InChI is InChI=1S/C17H34N2/c1-4-18-16(15-11-7-5-8-12-15)17(19(2)3)13-9-6-10-14-17/h15-16,18H,4-14H2,1-3H3. The van der Waals surface area contributed by atoms with E-state index in [9.17, 15) is 0 Å². The van der Waals surface area contributed by atoms with Crippen LogP contribution in [-0.2, 0) is 0 Å². The van der Waals surface area contributed by atoms with Crippen LogP contribution in [0.5, 0.6) is 0 Å². The Hall–Kier alpha value is -0.0800. The molecule has 2 nitrogen and oxygen atoms in total. The molecule has 112 valence electrons. The summed E-state index contributed by atoms with van der Waals surface area (Å²) in [7, 11) is 4.64. The first-order valence-electron chi connectivity index (χ1n) is 8.61. The summed E-state index contributed by atoms with van der Waals surface area (Å²) >= 11 is 0. The average Bonchev–Trinajstić information content (AvgIpc) is 2.46. The Morgan fingerprint density at radius 2 is 1.58 bits per heavy atom. The minimum atomic E-state index is 0.427. The average molecular weight is 266 g/mol. The van der Waals surface area contributed by atoms with Crippen molar-refractivity contribution in [1.82, 2.24) is 10.2 Å². The summed E-state index contributed by atoms with van der Waals surface area (Å²) in [4.78, 5) is 2.56. The lowest BCUT2D eigenvalue weighted by Crippen LogP contribution is -2.62. The van der Waals surface area contributed by atoms with Gasteiger partial charge in [0.2, 0.25) is 0 Å². The molecule has 0 bridgehead atoms. The highest BCUT2D eigenvalue weighted by Gasteiger charge is 2.44. The Labute approximate surface area is 120 Å². The van der Waals surface area contributed by atoms with Crippen molar-refractivity contribution in [2.75, 3.05) is 20.6 Å². The highest BCUT2D eigenvalue weighted by atomic mass is 15.2. The zero-order valence-corrected chi connectivity index (χ0v) is 13.4. The maximum Gasteiger partial charge on any atom is 0.0359 e. The Balaban J connectivity index is 2.17. The summed E-state index contributed by atoms with van der Waals surface area (Å²) in [5.41, 5.74) is 0.427. The molecule has 2 fully saturated rings. The third-order valence-corrected chi connectivity index (χ3v) is 5.73. The molecule has 0 spiro atoms. The molecular formula is C17H34N2. The molecular weight excluding hydrogens is 232 g/mol. The second-order valence-electron chi connectivity index (χ2n) is 6.99. The maximum atomic E-state index is 3.90. The first kappa shape index (κ1) is 15.3. The molecule has 2 aliphatic rings. The lowest BCUT2D eigenvalue weighted by molar-refractivity contribution is 0.0245. The largest absolute Gasteiger partial charge is 0.312 e. The van der Waals surface area contributed by atoms with Crippen molar-refractivity contribution in [3.05, 3.63) is 0 Å². The Morgan fingerprint density at radius 3 is 2.11 bits per heavy atom. The van der Waals surface area contributed by atoms with Crippen molar-refractivity contribution in [3.8, 4) is 0 Å². The molecule has 0 aromatic rings.